The van der Waals surface area contributed by atoms with Gasteiger partial charge in [-0.3, -0.25) is 0 Å². The van der Waals surface area contributed by atoms with Gasteiger partial charge in [-0.1, -0.05) is 0 Å². The first-order valence-corrected chi connectivity index (χ1v) is 1.30. The molecular formula is C2H10AlNaO7. The normalized spacial score (nSPS) is 4.36. The Morgan fingerprint density at radius 2 is 0.909 bits per heavy atom. The van der Waals surface area contributed by atoms with E-state index in [0.29, 0.717) is 0 Å². The third kappa shape index (κ3) is 614000. The number of carboxylic acid groups (broad SMARTS) is 4. The van der Waals surface area contributed by atoms with Crippen LogP contribution in [0.4, 0.5) is 9.59 Å². The van der Waals surface area contributed by atoms with E-state index in [1.165, 1.54) is 0 Å². The third-order valence-corrected chi connectivity index (χ3v) is 0. The molecule has 0 bridgehead atoms. The quantitative estimate of drug-likeness (QED) is 0.287. The number of rotatable bonds is 0. The largest absolute Gasteiger partial charge is 1.00 e. The molecule has 0 saturated carbocycles. The monoisotopic (exact) mass is 196 g/mol. The maximum Gasteiger partial charge on any atom is 1.00 e. The molecule has 0 heterocycles. The maximum atomic E-state index is 8.56. The van der Waals surface area contributed by atoms with Crippen molar-refractivity contribution in [3.63, 3.8) is 0 Å². The summed E-state index contributed by atoms with van der Waals surface area (Å²) >= 11 is 0. The van der Waals surface area contributed by atoms with Gasteiger partial charge in [-0.25, -0.2) is 9.59 Å². The molecular weight excluding hydrogens is 186 g/mol. The van der Waals surface area contributed by atoms with Crippen LogP contribution in [0.15, 0.2) is 0 Å². The minimum Gasteiger partial charge on any atom is -1.00 e. The Morgan fingerprint density at radius 1 is 0.909 bits per heavy atom. The van der Waals surface area contributed by atoms with Crippen molar-refractivity contribution in [2.24, 2.45) is 0 Å². The van der Waals surface area contributed by atoms with Crippen LogP contribution >= 0.6 is 0 Å². The topological polar surface area (TPSA) is 147 Å². The minimum atomic E-state index is -1.83. The molecule has 0 saturated heterocycles. The maximum absolute atomic E-state index is 8.56. The first-order valence-electron chi connectivity index (χ1n) is 1.30. The summed E-state index contributed by atoms with van der Waals surface area (Å²) in [5.74, 6) is 0. The van der Waals surface area contributed by atoms with Crippen LogP contribution in [0, 0.1) is 0 Å². The van der Waals surface area contributed by atoms with E-state index < -0.39 is 12.3 Å². The van der Waals surface area contributed by atoms with E-state index in [9.17, 15) is 0 Å². The third-order valence-electron chi connectivity index (χ3n) is 0. The van der Waals surface area contributed by atoms with Gasteiger partial charge in [0.15, 0.2) is 17.4 Å². The predicted molar refractivity (Wildman–Crippen MR) is 36.0 cm³/mol. The average Bonchev–Trinajstić information content (AvgIpc) is 1.25. The van der Waals surface area contributed by atoms with Crippen LogP contribution in [0.25, 0.3) is 0 Å². The SMILES string of the molecule is O.O=C(O)O.O=C(O)O.[AlH3].[H-].[Na+]. The molecule has 0 fully saturated rings. The molecule has 0 amide bonds. The van der Waals surface area contributed by atoms with Gasteiger partial charge in [-0.2, -0.15) is 0 Å². The molecule has 0 atom stereocenters. The molecule has 0 rings (SSSR count). The molecule has 0 aromatic heterocycles. The van der Waals surface area contributed by atoms with Gasteiger partial charge in [-0.05, 0) is 0 Å². The van der Waals surface area contributed by atoms with Crippen LogP contribution in [0.3, 0.4) is 0 Å². The fourth-order valence-corrected chi connectivity index (χ4v) is 0. The molecule has 6 N–H and O–H groups in total. The number of hydrogen-bond donors (Lipinski definition) is 4. The van der Waals surface area contributed by atoms with Crippen LogP contribution in [-0.4, -0.2) is 55.6 Å². The molecule has 0 aromatic carbocycles. The van der Waals surface area contributed by atoms with E-state index >= 15 is 0 Å². The van der Waals surface area contributed by atoms with Crippen LogP contribution in [-0.2, 0) is 0 Å². The molecule has 0 unspecified atom stereocenters. The zero-order valence-corrected chi connectivity index (χ0v) is 7.11. The van der Waals surface area contributed by atoms with Gasteiger partial charge in [0.05, 0.1) is 0 Å². The minimum absolute atomic E-state index is 0. The van der Waals surface area contributed by atoms with Crippen molar-refractivity contribution in [1.29, 1.82) is 0 Å². The van der Waals surface area contributed by atoms with Crippen LogP contribution < -0.4 is 29.6 Å². The van der Waals surface area contributed by atoms with Crippen LogP contribution in [0.1, 0.15) is 1.43 Å². The summed E-state index contributed by atoms with van der Waals surface area (Å²) in [6.07, 6.45) is -3.67. The first-order chi connectivity index (χ1) is 3.46. The van der Waals surface area contributed by atoms with E-state index in [-0.39, 0.29) is 53.8 Å². The first kappa shape index (κ1) is 30.5. The Bertz CT molecular complexity index is 79.4. The molecule has 0 aliphatic heterocycles. The van der Waals surface area contributed by atoms with E-state index in [4.69, 9.17) is 30.0 Å². The van der Waals surface area contributed by atoms with Gasteiger partial charge in [-0.15, -0.1) is 0 Å². The molecule has 11 heavy (non-hydrogen) atoms. The molecule has 64 valence electrons. The Morgan fingerprint density at radius 3 is 0.909 bits per heavy atom. The molecule has 7 nitrogen and oxygen atoms in total. The second kappa shape index (κ2) is 22.5. The summed E-state index contributed by atoms with van der Waals surface area (Å²) in [6, 6.07) is 0. The average molecular weight is 196 g/mol. The zero-order chi connectivity index (χ0) is 7.15. The van der Waals surface area contributed by atoms with E-state index in [1.807, 2.05) is 0 Å². The summed E-state index contributed by atoms with van der Waals surface area (Å²) in [7, 11) is 0. The smallest absolute Gasteiger partial charge is 1.00 e. The Labute approximate surface area is 95.9 Å². The number of hydrogen-bond acceptors (Lipinski definition) is 2. The van der Waals surface area contributed by atoms with Crippen LogP contribution in [0.5, 0.6) is 0 Å². The molecule has 0 aliphatic carbocycles. The Balaban J connectivity index is -0.0000000112. The van der Waals surface area contributed by atoms with E-state index in [2.05, 4.69) is 0 Å². The fraction of sp³-hybridized carbons (Fsp3) is 0. The van der Waals surface area contributed by atoms with Crippen molar-refractivity contribution in [3.05, 3.63) is 0 Å². The van der Waals surface area contributed by atoms with Gasteiger partial charge in [0.25, 0.3) is 0 Å². The Hall–Kier alpha value is 0.0325. The zero-order valence-electron chi connectivity index (χ0n) is 6.11. The van der Waals surface area contributed by atoms with Crippen molar-refractivity contribution in [2.75, 3.05) is 0 Å². The van der Waals surface area contributed by atoms with Gasteiger partial charge in [0, 0.05) is 0 Å². The molecule has 0 radical (unpaired) electrons. The summed E-state index contributed by atoms with van der Waals surface area (Å²) < 4.78 is 0. The standard InChI is InChI=1S/2CH2O3.Al.Na.H2O.4H/c2*2-1(3)4;;;;;;;/h2*(H2,2,3,4);;;1H2;;;;/q;;;+1;;;;;-1. The van der Waals surface area contributed by atoms with E-state index in [0.717, 1.165) is 0 Å². The molecule has 0 aliphatic rings. The fourth-order valence-electron chi connectivity index (χ4n) is 0. The summed E-state index contributed by atoms with van der Waals surface area (Å²) in [5.41, 5.74) is 0. The summed E-state index contributed by atoms with van der Waals surface area (Å²) in [5, 5.41) is 27.9. The van der Waals surface area contributed by atoms with Crippen molar-refractivity contribution in [3.8, 4) is 0 Å². The van der Waals surface area contributed by atoms with Crippen molar-refractivity contribution < 1.29 is 66.5 Å². The predicted octanol–water partition coefficient (Wildman–Crippen LogP) is -4.45. The van der Waals surface area contributed by atoms with E-state index in [1.54, 1.807) is 0 Å². The van der Waals surface area contributed by atoms with Crippen molar-refractivity contribution >= 4 is 29.7 Å². The van der Waals surface area contributed by atoms with Crippen molar-refractivity contribution in [1.82, 2.24) is 0 Å². The second-order valence-electron chi connectivity index (χ2n) is 0.565. The molecule has 0 spiro atoms. The number of carbonyl (C=O) groups is 2. The van der Waals surface area contributed by atoms with Crippen LogP contribution in [0.2, 0.25) is 0 Å². The molecule has 9 heteroatoms. The van der Waals surface area contributed by atoms with Gasteiger partial charge in [0.2, 0.25) is 0 Å². The summed E-state index contributed by atoms with van der Waals surface area (Å²) in [6.45, 7) is 0. The Kier molecular flexibility index (Phi) is 62.4. The van der Waals surface area contributed by atoms with Gasteiger partial charge < -0.3 is 27.3 Å². The molecule has 0 aromatic rings. The summed E-state index contributed by atoms with van der Waals surface area (Å²) in [4.78, 5) is 17.1. The van der Waals surface area contributed by atoms with Crippen molar-refractivity contribution in [2.45, 2.75) is 0 Å². The van der Waals surface area contributed by atoms with Gasteiger partial charge >= 0.3 is 41.9 Å². The van der Waals surface area contributed by atoms with Gasteiger partial charge in [0.1, 0.15) is 0 Å². The second-order valence-corrected chi connectivity index (χ2v) is 0.565.